The summed E-state index contributed by atoms with van der Waals surface area (Å²) in [4.78, 5) is 10.7. The number of hydrogen-bond donors (Lipinski definition) is 2. The minimum atomic E-state index is -1.68. The summed E-state index contributed by atoms with van der Waals surface area (Å²) in [7, 11) is 2.78. The molecular formula is C10H11BrO5. The number of aliphatic hydroxyl groups excluding tert-OH is 1. The average molecular weight is 291 g/mol. The second-order valence-electron chi connectivity index (χ2n) is 2.96. The van der Waals surface area contributed by atoms with Crippen LogP contribution in [0.15, 0.2) is 16.6 Å². The van der Waals surface area contributed by atoms with Gasteiger partial charge < -0.3 is 19.7 Å². The van der Waals surface area contributed by atoms with Crippen molar-refractivity contribution in [2.75, 3.05) is 14.2 Å². The van der Waals surface area contributed by atoms with E-state index in [2.05, 4.69) is 15.9 Å². The Kier molecular flexibility index (Phi) is 4.14. The highest BCUT2D eigenvalue weighted by Crippen LogP contribution is 2.37. The maximum Gasteiger partial charge on any atom is 0.337 e. The van der Waals surface area contributed by atoms with Crippen molar-refractivity contribution in [2.24, 2.45) is 0 Å². The van der Waals surface area contributed by atoms with E-state index in [4.69, 9.17) is 14.6 Å². The number of methoxy groups -OCH3 is 2. The Balaban J connectivity index is 3.38. The predicted octanol–water partition coefficient (Wildman–Crippen LogP) is 1.58. The Hall–Kier alpha value is -1.27. The topological polar surface area (TPSA) is 76.0 Å². The average Bonchev–Trinajstić information content (AvgIpc) is 2.26. The van der Waals surface area contributed by atoms with E-state index in [9.17, 15) is 9.90 Å². The van der Waals surface area contributed by atoms with Gasteiger partial charge in [0.15, 0.2) is 6.10 Å². The van der Waals surface area contributed by atoms with Crippen LogP contribution < -0.4 is 9.47 Å². The first-order valence-corrected chi connectivity index (χ1v) is 5.12. The van der Waals surface area contributed by atoms with Gasteiger partial charge in [0.25, 0.3) is 0 Å². The van der Waals surface area contributed by atoms with Crippen LogP contribution in [0, 0.1) is 0 Å². The molecule has 0 saturated heterocycles. The summed E-state index contributed by atoms with van der Waals surface area (Å²) in [6.07, 6.45) is -1.68. The van der Waals surface area contributed by atoms with Crippen molar-refractivity contribution in [2.45, 2.75) is 6.10 Å². The number of aliphatic carboxylic acids is 1. The zero-order valence-electron chi connectivity index (χ0n) is 8.73. The molecule has 0 aromatic heterocycles. The molecule has 1 aromatic carbocycles. The number of aliphatic hydroxyl groups is 1. The molecule has 0 aliphatic rings. The second-order valence-corrected chi connectivity index (χ2v) is 3.88. The third-order valence-electron chi connectivity index (χ3n) is 2.02. The van der Waals surface area contributed by atoms with Crippen molar-refractivity contribution < 1.29 is 24.5 Å². The van der Waals surface area contributed by atoms with Crippen LogP contribution in [0.4, 0.5) is 0 Å². The van der Waals surface area contributed by atoms with Crippen LogP contribution in [0.2, 0.25) is 0 Å². The number of ether oxygens (including phenoxy) is 2. The number of carboxylic acids is 1. The number of carboxylic acid groups (broad SMARTS) is 1. The minimum Gasteiger partial charge on any atom is -0.496 e. The molecule has 6 heteroatoms. The van der Waals surface area contributed by atoms with Gasteiger partial charge in [-0.1, -0.05) is 15.9 Å². The first-order chi connectivity index (χ1) is 7.51. The summed E-state index contributed by atoms with van der Waals surface area (Å²) in [5.74, 6) is -0.860. The van der Waals surface area contributed by atoms with Crippen LogP contribution in [0.3, 0.4) is 0 Å². The van der Waals surface area contributed by atoms with Gasteiger partial charge in [0.2, 0.25) is 0 Å². The lowest BCUT2D eigenvalue weighted by atomic mass is 10.1. The highest BCUT2D eigenvalue weighted by atomic mass is 79.9. The molecule has 0 aliphatic carbocycles. The van der Waals surface area contributed by atoms with E-state index in [1.165, 1.54) is 14.2 Å². The van der Waals surface area contributed by atoms with Crippen molar-refractivity contribution >= 4 is 21.9 Å². The van der Waals surface area contributed by atoms with E-state index < -0.39 is 12.1 Å². The normalized spacial score (nSPS) is 12.0. The summed E-state index contributed by atoms with van der Waals surface area (Å²) in [5, 5.41) is 18.3. The maximum atomic E-state index is 10.7. The summed E-state index contributed by atoms with van der Waals surface area (Å²) in [5.41, 5.74) is 0.0979. The van der Waals surface area contributed by atoms with Gasteiger partial charge >= 0.3 is 5.97 Å². The third kappa shape index (κ3) is 2.45. The molecule has 0 aliphatic heterocycles. The molecule has 0 amide bonds. The lowest BCUT2D eigenvalue weighted by Gasteiger charge is -2.15. The molecule has 1 rings (SSSR count). The lowest BCUT2D eigenvalue weighted by Crippen LogP contribution is -2.13. The van der Waals surface area contributed by atoms with Gasteiger partial charge in [0.1, 0.15) is 11.5 Å². The molecule has 0 bridgehead atoms. The molecule has 2 N–H and O–H groups in total. The molecule has 1 aromatic rings. The van der Waals surface area contributed by atoms with E-state index in [1.807, 2.05) is 0 Å². The molecule has 0 saturated carbocycles. The lowest BCUT2D eigenvalue weighted by molar-refractivity contribution is -0.147. The zero-order valence-corrected chi connectivity index (χ0v) is 10.3. The number of rotatable bonds is 4. The Bertz CT molecular complexity index is 379. The molecule has 88 valence electrons. The Labute approximate surface area is 101 Å². The predicted molar refractivity (Wildman–Crippen MR) is 59.8 cm³/mol. The van der Waals surface area contributed by atoms with Crippen LogP contribution in [0.1, 0.15) is 11.7 Å². The molecule has 16 heavy (non-hydrogen) atoms. The second kappa shape index (κ2) is 5.18. The molecule has 0 heterocycles. The summed E-state index contributed by atoms with van der Waals surface area (Å²) in [6.45, 7) is 0. The van der Waals surface area contributed by atoms with Gasteiger partial charge in [-0.15, -0.1) is 0 Å². The standard InChI is InChI=1S/C10H11BrO5/c1-15-6-3-5(11)4-7(16-2)8(6)9(12)10(13)14/h3-4,9,12H,1-2H3,(H,13,14). The third-order valence-corrected chi connectivity index (χ3v) is 2.47. The zero-order chi connectivity index (χ0) is 12.3. The Morgan fingerprint density at radius 1 is 1.31 bits per heavy atom. The largest absolute Gasteiger partial charge is 0.496 e. The van der Waals surface area contributed by atoms with Gasteiger partial charge in [0.05, 0.1) is 19.8 Å². The van der Waals surface area contributed by atoms with Crippen LogP contribution in [-0.4, -0.2) is 30.4 Å². The molecule has 5 nitrogen and oxygen atoms in total. The first-order valence-electron chi connectivity index (χ1n) is 4.33. The van der Waals surface area contributed by atoms with Gasteiger partial charge in [0, 0.05) is 4.47 Å². The smallest absolute Gasteiger partial charge is 0.337 e. The molecular weight excluding hydrogens is 280 g/mol. The van der Waals surface area contributed by atoms with E-state index in [-0.39, 0.29) is 17.1 Å². The maximum absolute atomic E-state index is 10.7. The summed E-state index contributed by atoms with van der Waals surface area (Å²) < 4.78 is 10.7. The van der Waals surface area contributed by atoms with E-state index >= 15 is 0 Å². The highest BCUT2D eigenvalue weighted by molar-refractivity contribution is 9.10. The van der Waals surface area contributed by atoms with Crippen LogP contribution in [0.5, 0.6) is 11.5 Å². The summed E-state index contributed by atoms with van der Waals surface area (Å²) >= 11 is 3.23. The van der Waals surface area contributed by atoms with E-state index in [0.717, 1.165) is 0 Å². The quantitative estimate of drug-likeness (QED) is 0.881. The fourth-order valence-corrected chi connectivity index (χ4v) is 1.72. The van der Waals surface area contributed by atoms with Crippen molar-refractivity contribution in [3.05, 3.63) is 22.2 Å². The van der Waals surface area contributed by atoms with Crippen LogP contribution in [-0.2, 0) is 4.79 Å². The minimum absolute atomic E-state index is 0.0979. The van der Waals surface area contributed by atoms with Crippen LogP contribution in [0.25, 0.3) is 0 Å². The van der Waals surface area contributed by atoms with Crippen LogP contribution >= 0.6 is 15.9 Å². The molecule has 1 atom stereocenters. The molecule has 1 unspecified atom stereocenters. The Morgan fingerprint density at radius 3 is 2.06 bits per heavy atom. The van der Waals surface area contributed by atoms with E-state index in [1.54, 1.807) is 12.1 Å². The van der Waals surface area contributed by atoms with Crippen molar-refractivity contribution in [1.82, 2.24) is 0 Å². The SMILES string of the molecule is COc1cc(Br)cc(OC)c1C(O)C(=O)O. The highest BCUT2D eigenvalue weighted by Gasteiger charge is 2.25. The van der Waals surface area contributed by atoms with Crippen molar-refractivity contribution in [3.63, 3.8) is 0 Å². The number of carbonyl (C=O) groups is 1. The fourth-order valence-electron chi connectivity index (χ4n) is 1.30. The van der Waals surface area contributed by atoms with Gasteiger partial charge in [-0.3, -0.25) is 0 Å². The Morgan fingerprint density at radius 2 is 1.75 bits per heavy atom. The molecule has 0 radical (unpaired) electrons. The number of hydrogen-bond acceptors (Lipinski definition) is 4. The van der Waals surface area contributed by atoms with Gasteiger partial charge in [-0.25, -0.2) is 4.79 Å². The van der Waals surface area contributed by atoms with Crippen molar-refractivity contribution in [3.8, 4) is 11.5 Å². The summed E-state index contributed by atoms with van der Waals surface area (Å²) in [6, 6.07) is 3.12. The van der Waals surface area contributed by atoms with E-state index in [0.29, 0.717) is 4.47 Å². The fraction of sp³-hybridized carbons (Fsp3) is 0.300. The van der Waals surface area contributed by atoms with Gasteiger partial charge in [-0.2, -0.15) is 0 Å². The number of benzene rings is 1. The van der Waals surface area contributed by atoms with Crippen molar-refractivity contribution in [1.29, 1.82) is 0 Å². The molecule has 0 fully saturated rings. The first kappa shape index (κ1) is 12.8. The monoisotopic (exact) mass is 290 g/mol. The van der Waals surface area contributed by atoms with Gasteiger partial charge in [-0.05, 0) is 12.1 Å². The molecule has 0 spiro atoms. The number of halogens is 1.